The van der Waals surface area contributed by atoms with Crippen LogP contribution in [-0.4, -0.2) is 18.5 Å². The zero-order chi connectivity index (χ0) is 7.98. The predicted octanol–water partition coefficient (Wildman–Crippen LogP) is 0.507. The number of aliphatic imine (C=N–C) groups is 1. The Balaban J connectivity index is 3.98. The van der Waals surface area contributed by atoms with Gasteiger partial charge >= 0.3 is 0 Å². The Bertz CT molecular complexity index is 159. The number of rotatable bonds is 3. The number of carbonyl (C=O) groups is 1. The lowest BCUT2D eigenvalue weighted by atomic mass is 10.3. The standard InChI is InChI=1S/C7H12N2O/c1-6(2)9-4-7(3-8)5-10/h3-6H,8H2,1-2H3/b7-3+,9-4?. The molecular weight excluding hydrogens is 128 g/mol. The van der Waals surface area contributed by atoms with Crippen LogP contribution in [0.4, 0.5) is 0 Å². The van der Waals surface area contributed by atoms with Crippen molar-refractivity contribution in [3.63, 3.8) is 0 Å². The maximum absolute atomic E-state index is 10.1. The molecule has 0 rings (SSSR count). The van der Waals surface area contributed by atoms with Gasteiger partial charge in [0.15, 0.2) is 6.29 Å². The molecule has 0 atom stereocenters. The van der Waals surface area contributed by atoms with E-state index in [1.165, 1.54) is 12.4 Å². The van der Waals surface area contributed by atoms with Gasteiger partial charge in [-0.2, -0.15) is 0 Å². The fourth-order valence-corrected chi connectivity index (χ4v) is 0.348. The van der Waals surface area contributed by atoms with Crippen LogP contribution in [0.25, 0.3) is 0 Å². The number of carbonyl (C=O) groups excluding carboxylic acids is 1. The first-order valence-electron chi connectivity index (χ1n) is 3.11. The molecule has 0 fully saturated rings. The van der Waals surface area contributed by atoms with Crippen molar-refractivity contribution in [1.82, 2.24) is 0 Å². The van der Waals surface area contributed by atoms with Gasteiger partial charge in [-0.1, -0.05) is 0 Å². The van der Waals surface area contributed by atoms with Crippen LogP contribution in [0.15, 0.2) is 16.8 Å². The van der Waals surface area contributed by atoms with E-state index >= 15 is 0 Å². The van der Waals surface area contributed by atoms with Crippen molar-refractivity contribution in [2.75, 3.05) is 0 Å². The Labute approximate surface area is 60.6 Å². The zero-order valence-corrected chi connectivity index (χ0v) is 6.24. The Hall–Kier alpha value is -1.12. The van der Waals surface area contributed by atoms with Crippen molar-refractivity contribution in [1.29, 1.82) is 0 Å². The van der Waals surface area contributed by atoms with Crippen LogP contribution in [0.1, 0.15) is 13.8 Å². The average Bonchev–Trinajstić information content (AvgIpc) is 1.90. The maximum atomic E-state index is 10.1. The number of nitrogens with two attached hydrogens (primary N) is 1. The van der Waals surface area contributed by atoms with E-state index in [1.807, 2.05) is 13.8 Å². The van der Waals surface area contributed by atoms with Crippen molar-refractivity contribution < 1.29 is 4.79 Å². The lowest BCUT2D eigenvalue weighted by molar-refractivity contribution is -0.104. The van der Waals surface area contributed by atoms with Crippen molar-refractivity contribution >= 4 is 12.5 Å². The van der Waals surface area contributed by atoms with E-state index in [9.17, 15) is 4.79 Å². The molecule has 0 bridgehead atoms. The van der Waals surface area contributed by atoms with Crippen LogP contribution in [0.5, 0.6) is 0 Å². The van der Waals surface area contributed by atoms with Gasteiger partial charge in [0.05, 0.1) is 0 Å². The van der Waals surface area contributed by atoms with Gasteiger partial charge in [0, 0.05) is 24.0 Å². The Morgan fingerprint density at radius 1 is 1.60 bits per heavy atom. The van der Waals surface area contributed by atoms with Crippen LogP contribution < -0.4 is 5.73 Å². The number of aldehydes is 1. The molecule has 56 valence electrons. The summed E-state index contributed by atoms with van der Waals surface area (Å²) in [5.41, 5.74) is 5.50. The molecule has 0 aliphatic rings. The van der Waals surface area contributed by atoms with E-state index < -0.39 is 0 Å². The van der Waals surface area contributed by atoms with Crippen LogP contribution >= 0.6 is 0 Å². The maximum Gasteiger partial charge on any atom is 0.153 e. The van der Waals surface area contributed by atoms with E-state index in [-0.39, 0.29) is 6.04 Å². The van der Waals surface area contributed by atoms with Crippen LogP contribution in [0.3, 0.4) is 0 Å². The van der Waals surface area contributed by atoms with Crippen molar-refractivity contribution in [3.05, 3.63) is 11.8 Å². The van der Waals surface area contributed by atoms with E-state index in [0.29, 0.717) is 11.9 Å². The SMILES string of the molecule is CC(C)N=C/C(C=O)=C\N. The van der Waals surface area contributed by atoms with Crippen molar-refractivity contribution in [2.45, 2.75) is 19.9 Å². The van der Waals surface area contributed by atoms with Gasteiger partial charge in [-0.25, -0.2) is 0 Å². The van der Waals surface area contributed by atoms with Gasteiger partial charge in [-0.15, -0.1) is 0 Å². The van der Waals surface area contributed by atoms with Gasteiger partial charge in [0.1, 0.15) is 0 Å². The molecule has 0 aromatic rings. The summed E-state index contributed by atoms with van der Waals surface area (Å²) in [5, 5.41) is 0. The monoisotopic (exact) mass is 140 g/mol. The topological polar surface area (TPSA) is 55.5 Å². The predicted molar refractivity (Wildman–Crippen MR) is 42.0 cm³/mol. The summed E-state index contributed by atoms with van der Waals surface area (Å²) < 4.78 is 0. The third-order valence-electron chi connectivity index (χ3n) is 0.850. The number of hydrogen-bond donors (Lipinski definition) is 1. The van der Waals surface area contributed by atoms with Gasteiger partial charge in [0.25, 0.3) is 0 Å². The highest BCUT2D eigenvalue weighted by atomic mass is 16.1. The minimum absolute atomic E-state index is 0.204. The molecule has 0 aliphatic carbocycles. The quantitative estimate of drug-likeness (QED) is 0.352. The summed E-state index contributed by atoms with van der Waals surface area (Å²) in [5.74, 6) is 0. The summed E-state index contributed by atoms with van der Waals surface area (Å²) >= 11 is 0. The molecule has 0 unspecified atom stereocenters. The summed E-state index contributed by atoms with van der Waals surface area (Å²) in [6.07, 6.45) is 3.38. The minimum Gasteiger partial charge on any atom is -0.404 e. The third-order valence-corrected chi connectivity index (χ3v) is 0.850. The highest BCUT2D eigenvalue weighted by Crippen LogP contribution is 1.86. The van der Waals surface area contributed by atoms with Crippen molar-refractivity contribution in [3.8, 4) is 0 Å². The van der Waals surface area contributed by atoms with E-state index in [4.69, 9.17) is 5.73 Å². The Kier molecular flexibility index (Phi) is 4.20. The fourth-order valence-electron chi connectivity index (χ4n) is 0.348. The molecule has 0 saturated heterocycles. The van der Waals surface area contributed by atoms with E-state index in [0.717, 1.165) is 0 Å². The molecule has 3 nitrogen and oxygen atoms in total. The molecule has 2 N–H and O–H groups in total. The molecule has 0 amide bonds. The molecule has 0 aromatic carbocycles. The fraction of sp³-hybridized carbons (Fsp3) is 0.429. The van der Waals surface area contributed by atoms with Crippen LogP contribution in [0, 0.1) is 0 Å². The van der Waals surface area contributed by atoms with E-state index in [2.05, 4.69) is 4.99 Å². The first kappa shape index (κ1) is 8.88. The second-order valence-electron chi connectivity index (χ2n) is 2.16. The summed E-state index contributed by atoms with van der Waals surface area (Å²) in [4.78, 5) is 14.1. The third kappa shape index (κ3) is 3.83. The van der Waals surface area contributed by atoms with Gasteiger partial charge in [0.2, 0.25) is 0 Å². The van der Waals surface area contributed by atoms with Gasteiger partial charge in [-0.3, -0.25) is 9.79 Å². The summed E-state index contributed by atoms with van der Waals surface area (Å²) in [6.45, 7) is 3.85. The second kappa shape index (κ2) is 4.73. The van der Waals surface area contributed by atoms with Crippen LogP contribution in [0.2, 0.25) is 0 Å². The lowest BCUT2D eigenvalue weighted by Gasteiger charge is -1.92. The van der Waals surface area contributed by atoms with Gasteiger partial charge < -0.3 is 5.73 Å². The number of nitrogens with zero attached hydrogens (tertiary/aromatic N) is 1. The number of allylic oxidation sites excluding steroid dienone is 1. The molecule has 0 aliphatic heterocycles. The molecule has 0 aromatic heterocycles. The van der Waals surface area contributed by atoms with E-state index in [1.54, 1.807) is 0 Å². The van der Waals surface area contributed by atoms with Crippen LogP contribution in [-0.2, 0) is 4.79 Å². The second-order valence-corrected chi connectivity index (χ2v) is 2.16. The summed E-state index contributed by atoms with van der Waals surface area (Å²) in [6, 6.07) is 0.204. The Morgan fingerprint density at radius 2 is 2.20 bits per heavy atom. The average molecular weight is 140 g/mol. The molecule has 0 spiro atoms. The lowest BCUT2D eigenvalue weighted by Crippen LogP contribution is -1.95. The molecule has 10 heavy (non-hydrogen) atoms. The molecule has 0 saturated carbocycles. The smallest absolute Gasteiger partial charge is 0.153 e. The first-order valence-corrected chi connectivity index (χ1v) is 3.11. The molecular formula is C7H12N2O. The normalized spacial score (nSPS) is 12.9. The zero-order valence-electron chi connectivity index (χ0n) is 6.24. The highest BCUT2D eigenvalue weighted by Gasteiger charge is 1.87. The minimum atomic E-state index is 0.204. The molecule has 0 radical (unpaired) electrons. The number of hydrogen-bond acceptors (Lipinski definition) is 3. The molecule has 0 heterocycles. The summed E-state index contributed by atoms with van der Waals surface area (Å²) in [7, 11) is 0. The molecule has 3 heteroatoms. The van der Waals surface area contributed by atoms with Gasteiger partial charge in [-0.05, 0) is 13.8 Å². The first-order chi connectivity index (χ1) is 4.70. The largest absolute Gasteiger partial charge is 0.404 e. The van der Waals surface area contributed by atoms with Crippen molar-refractivity contribution in [2.24, 2.45) is 10.7 Å². The highest BCUT2D eigenvalue weighted by molar-refractivity contribution is 6.01. The Morgan fingerprint density at radius 3 is 2.50 bits per heavy atom.